The van der Waals surface area contributed by atoms with Crippen LogP contribution in [0.5, 0.6) is 0 Å². The maximum Gasteiger partial charge on any atom is 0.262 e. The molecule has 2 N–H and O–H groups in total. The molecule has 0 aliphatic heterocycles. The second-order valence-corrected chi connectivity index (χ2v) is 8.36. The maximum absolute atomic E-state index is 13.7. The number of hydrogen-bond acceptors (Lipinski definition) is 3. The van der Waals surface area contributed by atoms with Gasteiger partial charge in [-0.15, -0.1) is 0 Å². The van der Waals surface area contributed by atoms with Gasteiger partial charge in [0.25, 0.3) is 15.9 Å². The highest BCUT2D eigenvalue weighted by molar-refractivity contribution is 7.92. The van der Waals surface area contributed by atoms with Crippen molar-refractivity contribution in [2.45, 2.75) is 11.3 Å². The fraction of sp³-hybridized carbons (Fsp3) is 0.0952. The van der Waals surface area contributed by atoms with Crippen LogP contribution in [-0.2, 0) is 16.4 Å². The van der Waals surface area contributed by atoms with Crippen molar-refractivity contribution in [1.29, 1.82) is 0 Å². The molecule has 0 aliphatic rings. The summed E-state index contributed by atoms with van der Waals surface area (Å²) in [5.41, 5.74) is 1.04. The quantitative estimate of drug-likeness (QED) is 0.586. The maximum atomic E-state index is 13.7. The average molecular weight is 433 g/mol. The second kappa shape index (κ2) is 9.07. The molecule has 29 heavy (non-hydrogen) atoms. The Morgan fingerprint density at radius 2 is 1.69 bits per heavy atom. The summed E-state index contributed by atoms with van der Waals surface area (Å²) in [6, 6.07) is 18.3. The van der Waals surface area contributed by atoms with E-state index in [0.717, 1.165) is 11.6 Å². The number of halogens is 2. The Kier molecular flexibility index (Phi) is 6.51. The fourth-order valence-electron chi connectivity index (χ4n) is 2.63. The number of sulfonamides is 1. The summed E-state index contributed by atoms with van der Waals surface area (Å²) >= 11 is 5.84. The van der Waals surface area contributed by atoms with Gasteiger partial charge in [0.05, 0.1) is 10.6 Å². The number of anilines is 1. The molecule has 0 fully saturated rings. The lowest BCUT2D eigenvalue weighted by Crippen LogP contribution is -2.26. The summed E-state index contributed by atoms with van der Waals surface area (Å²) in [7, 11) is -4.04. The van der Waals surface area contributed by atoms with E-state index in [1.165, 1.54) is 42.5 Å². The topological polar surface area (TPSA) is 75.3 Å². The van der Waals surface area contributed by atoms with Gasteiger partial charge in [-0.2, -0.15) is 0 Å². The molecule has 1 amide bonds. The van der Waals surface area contributed by atoms with E-state index >= 15 is 0 Å². The van der Waals surface area contributed by atoms with E-state index in [9.17, 15) is 17.6 Å². The molecule has 0 bridgehead atoms. The summed E-state index contributed by atoms with van der Waals surface area (Å²) in [6.45, 7) is 0.380. The number of rotatable bonds is 7. The van der Waals surface area contributed by atoms with Crippen LogP contribution in [0.15, 0.2) is 77.7 Å². The molecular weight excluding hydrogens is 415 g/mol. The molecule has 0 atom stereocenters. The number of para-hydroxylation sites is 1. The van der Waals surface area contributed by atoms with E-state index in [-0.39, 0.29) is 16.1 Å². The highest BCUT2D eigenvalue weighted by atomic mass is 35.5. The Hall–Kier alpha value is -2.90. The zero-order chi connectivity index (χ0) is 20.9. The van der Waals surface area contributed by atoms with Gasteiger partial charge in [-0.05, 0) is 54.4 Å². The number of carbonyl (C=O) groups is 1. The molecule has 0 aromatic heterocycles. The van der Waals surface area contributed by atoms with Gasteiger partial charge < -0.3 is 5.32 Å². The van der Waals surface area contributed by atoms with Crippen LogP contribution in [0.25, 0.3) is 0 Å². The SMILES string of the molecule is O=C(NCCc1ccc(Cl)cc1)c1cccc(S(=O)(=O)Nc2ccccc2F)c1. The average Bonchev–Trinajstić information content (AvgIpc) is 2.71. The highest BCUT2D eigenvalue weighted by Crippen LogP contribution is 2.19. The van der Waals surface area contributed by atoms with Gasteiger partial charge in [-0.1, -0.05) is 41.9 Å². The molecule has 0 radical (unpaired) electrons. The smallest absolute Gasteiger partial charge is 0.262 e. The van der Waals surface area contributed by atoms with Crippen LogP contribution in [0.1, 0.15) is 15.9 Å². The molecule has 3 aromatic rings. The number of nitrogens with one attached hydrogen (secondary N) is 2. The van der Waals surface area contributed by atoms with E-state index in [4.69, 9.17) is 11.6 Å². The van der Waals surface area contributed by atoms with Crippen LogP contribution in [0.4, 0.5) is 10.1 Å². The molecule has 0 unspecified atom stereocenters. The third-order valence-corrected chi connectivity index (χ3v) is 5.75. The Morgan fingerprint density at radius 3 is 2.41 bits per heavy atom. The number of benzene rings is 3. The summed E-state index contributed by atoms with van der Waals surface area (Å²) in [5.74, 6) is -1.09. The summed E-state index contributed by atoms with van der Waals surface area (Å²) < 4.78 is 41.0. The molecule has 0 spiro atoms. The molecule has 150 valence electrons. The zero-order valence-corrected chi connectivity index (χ0v) is 16.8. The van der Waals surface area contributed by atoms with Crippen molar-refractivity contribution >= 4 is 33.2 Å². The molecule has 3 rings (SSSR count). The predicted octanol–water partition coefficient (Wildman–Crippen LogP) is 4.25. The molecule has 5 nitrogen and oxygen atoms in total. The Bertz CT molecular complexity index is 1120. The fourth-order valence-corrected chi connectivity index (χ4v) is 3.86. The number of hydrogen-bond donors (Lipinski definition) is 2. The first kappa shape index (κ1) is 20.8. The van der Waals surface area contributed by atoms with Crippen molar-refractivity contribution in [3.8, 4) is 0 Å². The minimum Gasteiger partial charge on any atom is -0.352 e. The van der Waals surface area contributed by atoms with Crippen LogP contribution >= 0.6 is 11.6 Å². The predicted molar refractivity (Wildman–Crippen MR) is 111 cm³/mol. The van der Waals surface area contributed by atoms with Gasteiger partial charge in [0, 0.05) is 17.1 Å². The van der Waals surface area contributed by atoms with Gasteiger partial charge >= 0.3 is 0 Å². The Morgan fingerprint density at radius 1 is 0.966 bits per heavy atom. The van der Waals surface area contributed by atoms with Crippen molar-refractivity contribution in [2.75, 3.05) is 11.3 Å². The lowest BCUT2D eigenvalue weighted by Gasteiger charge is -2.10. The van der Waals surface area contributed by atoms with Crippen molar-refractivity contribution in [3.05, 3.63) is 94.8 Å². The largest absolute Gasteiger partial charge is 0.352 e. The molecular formula is C21H18ClFN2O3S. The summed E-state index contributed by atoms with van der Waals surface area (Å²) in [5, 5.41) is 3.39. The van der Waals surface area contributed by atoms with Gasteiger partial charge in [-0.25, -0.2) is 12.8 Å². The monoisotopic (exact) mass is 432 g/mol. The first-order chi connectivity index (χ1) is 13.8. The second-order valence-electron chi connectivity index (χ2n) is 6.25. The Labute approximate surface area is 173 Å². The van der Waals surface area contributed by atoms with Crippen LogP contribution in [0.3, 0.4) is 0 Å². The molecule has 0 heterocycles. The van der Waals surface area contributed by atoms with Crippen molar-refractivity contribution < 1.29 is 17.6 Å². The molecule has 0 saturated heterocycles. The number of carbonyl (C=O) groups excluding carboxylic acids is 1. The summed E-state index contributed by atoms with van der Waals surface area (Å²) in [4.78, 5) is 12.2. The minimum atomic E-state index is -4.04. The molecule has 8 heteroatoms. The van der Waals surface area contributed by atoms with Gasteiger partial charge in [0.1, 0.15) is 5.82 Å². The van der Waals surface area contributed by atoms with Crippen molar-refractivity contribution in [1.82, 2.24) is 5.32 Å². The van der Waals surface area contributed by atoms with Gasteiger partial charge in [-0.3, -0.25) is 9.52 Å². The van der Waals surface area contributed by atoms with Crippen molar-refractivity contribution in [2.24, 2.45) is 0 Å². The van der Waals surface area contributed by atoms with Crippen LogP contribution < -0.4 is 10.0 Å². The lowest BCUT2D eigenvalue weighted by atomic mass is 10.1. The lowest BCUT2D eigenvalue weighted by molar-refractivity contribution is 0.0954. The number of amides is 1. The molecule has 0 saturated carbocycles. The summed E-state index contributed by atoms with van der Waals surface area (Å²) in [6.07, 6.45) is 0.607. The minimum absolute atomic E-state index is 0.133. The highest BCUT2D eigenvalue weighted by Gasteiger charge is 2.18. The van der Waals surface area contributed by atoms with E-state index in [1.807, 2.05) is 12.1 Å². The first-order valence-electron chi connectivity index (χ1n) is 8.75. The van der Waals surface area contributed by atoms with Crippen LogP contribution in [-0.4, -0.2) is 20.9 Å². The third kappa shape index (κ3) is 5.56. The normalized spacial score (nSPS) is 11.1. The van der Waals surface area contributed by atoms with E-state index in [1.54, 1.807) is 12.1 Å². The van der Waals surface area contributed by atoms with Gasteiger partial charge in [0.15, 0.2) is 0 Å². The van der Waals surface area contributed by atoms with E-state index in [0.29, 0.717) is 18.0 Å². The van der Waals surface area contributed by atoms with Crippen LogP contribution in [0.2, 0.25) is 5.02 Å². The Balaban J connectivity index is 1.67. The van der Waals surface area contributed by atoms with Crippen molar-refractivity contribution in [3.63, 3.8) is 0 Å². The van der Waals surface area contributed by atoms with E-state index in [2.05, 4.69) is 10.0 Å². The van der Waals surface area contributed by atoms with E-state index < -0.39 is 21.7 Å². The van der Waals surface area contributed by atoms with Crippen LogP contribution in [0, 0.1) is 5.82 Å². The molecule has 3 aromatic carbocycles. The first-order valence-corrected chi connectivity index (χ1v) is 10.6. The standard InChI is InChI=1S/C21H18ClFN2O3S/c22-17-10-8-15(9-11-17)12-13-24-21(26)16-4-3-5-18(14-16)29(27,28)25-20-7-2-1-6-19(20)23/h1-11,14,25H,12-13H2,(H,24,26). The third-order valence-electron chi connectivity index (χ3n) is 4.14. The van der Waals surface area contributed by atoms with Gasteiger partial charge in [0.2, 0.25) is 0 Å². The molecule has 0 aliphatic carbocycles. The zero-order valence-electron chi connectivity index (χ0n) is 15.2.